The minimum Gasteiger partial charge on any atom is -0.343 e. The number of halogens is 3. The molecule has 1 fully saturated rings. The number of piperidine rings is 1. The predicted molar refractivity (Wildman–Crippen MR) is 160 cm³/mol. The first-order valence-corrected chi connectivity index (χ1v) is 14.9. The Morgan fingerprint density at radius 3 is 2.54 bits per heavy atom. The summed E-state index contributed by atoms with van der Waals surface area (Å²) in [7, 11) is 0. The Kier molecular flexibility index (Phi) is 9.10. The number of nitrogens with one attached hydrogen (secondary N) is 2. The number of urea groups is 1. The molecule has 2 aliphatic rings. The Labute approximate surface area is 247 Å². The summed E-state index contributed by atoms with van der Waals surface area (Å²) >= 11 is 16.8. The number of fused-ring (bicyclic) bond motifs is 2. The van der Waals surface area contributed by atoms with Crippen LogP contribution in [0.4, 0.5) is 10.5 Å². The van der Waals surface area contributed by atoms with Gasteiger partial charge in [-0.2, -0.15) is 0 Å². The van der Waals surface area contributed by atoms with Gasteiger partial charge in [-0.25, -0.2) is 4.79 Å². The highest BCUT2D eigenvalue weighted by Crippen LogP contribution is 2.46. The summed E-state index contributed by atoms with van der Waals surface area (Å²) in [5.74, 6) is 0.521. The largest absolute Gasteiger partial charge is 0.343 e. The molecule has 2 N–H and O–H groups in total. The molecule has 2 aromatic carbocycles. The molecule has 1 aliphatic carbocycles. The zero-order chi connectivity index (χ0) is 27.4. The summed E-state index contributed by atoms with van der Waals surface area (Å²) in [5.41, 5.74) is 5.39. The van der Waals surface area contributed by atoms with Gasteiger partial charge < -0.3 is 15.5 Å². The number of likely N-dealkylation sites (tertiary alicyclic amines) is 1. The maximum absolute atomic E-state index is 12.9. The number of benzene rings is 2. The van der Waals surface area contributed by atoms with Gasteiger partial charge in [-0.1, -0.05) is 41.4 Å². The number of carbonyl (C=O) groups excluding carboxylic acids is 2. The van der Waals surface area contributed by atoms with Gasteiger partial charge in [0.25, 0.3) is 0 Å². The predicted octanol–water partition coefficient (Wildman–Crippen LogP) is 7.22. The first-order valence-electron chi connectivity index (χ1n) is 13.4. The SMILES string of the molecule is O=C(NCCCC(=O)N1CCC(C2c3ncc(Br)cc3CCc3cc(Cl)cc(Cl)c32)CC1)Nc1ccccc1. The summed E-state index contributed by atoms with van der Waals surface area (Å²) in [6, 6.07) is 15.1. The number of para-hydroxylation sites is 1. The minimum atomic E-state index is -0.265. The lowest BCUT2D eigenvalue weighted by Crippen LogP contribution is -2.40. The molecule has 39 heavy (non-hydrogen) atoms. The molecule has 1 aliphatic heterocycles. The Morgan fingerprint density at radius 2 is 1.77 bits per heavy atom. The van der Waals surface area contributed by atoms with Gasteiger partial charge in [0, 0.05) is 58.4 Å². The molecule has 3 aromatic rings. The number of aromatic nitrogens is 1. The highest BCUT2D eigenvalue weighted by molar-refractivity contribution is 9.10. The van der Waals surface area contributed by atoms with Crippen molar-refractivity contribution in [3.8, 4) is 0 Å². The minimum absolute atomic E-state index is 0.0694. The molecule has 9 heteroatoms. The Bertz CT molecular complexity index is 1350. The van der Waals surface area contributed by atoms with Crippen LogP contribution < -0.4 is 10.6 Å². The quantitative estimate of drug-likeness (QED) is 0.283. The van der Waals surface area contributed by atoms with Gasteiger partial charge in [0.1, 0.15) is 0 Å². The van der Waals surface area contributed by atoms with E-state index in [1.807, 2.05) is 53.6 Å². The van der Waals surface area contributed by atoms with Crippen LogP contribution in [-0.4, -0.2) is 41.5 Å². The molecule has 0 spiro atoms. The number of hydrogen-bond donors (Lipinski definition) is 2. The van der Waals surface area contributed by atoms with Crippen molar-refractivity contribution in [2.75, 3.05) is 25.0 Å². The van der Waals surface area contributed by atoms with E-state index < -0.39 is 0 Å². The van der Waals surface area contributed by atoms with E-state index in [2.05, 4.69) is 32.6 Å². The molecule has 1 unspecified atom stereocenters. The van der Waals surface area contributed by atoms with Crippen molar-refractivity contribution in [1.82, 2.24) is 15.2 Å². The first-order chi connectivity index (χ1) is 18.9. The normalized spacial score (nSPS) is 17.1. The fourth-order valence-electron chi connectivity index (χ4n) is 5.81. The van der Waals surface area contributed by atoms with E-state index in [4.69, 9.17) is 28.2 Å². The van der Waals surface area contributed by atoms with E-state index in [9.17, 15) is 9.59 Å². The Hall–Kier alpha value is -2.61. The lowest BCUT2D eigenvalue weighted by Gasteiger charge is -2.37. The number of rotatable bonds is 6. The molecule has 0 radical (unpaired) electrons. The second-order valence-corrected chi connectivity index (χ2v) is 12.0. The Morgan fingerprint density at radius 1 is 1.03 bits per heavy atom. The molecule has 204 valence electrons. The second kappa shape index (κ2) is 12.7. The van der Waals surface area contributed by atoms with Gasteiger partial charge in [0.2, 0.25) is 5.91 Å². The van der Waals surface area contributed by atoms with E-state index in [1.54, 1.807) is 0 Å². The standard InChI is InChI=1S/C30H31BrCl2N4O2/c31-22-15-21-9-8-20-16-23(32)17-25(33)27(20)28(29(21)35-18-22)19-10-13-37(14-11-19)26(38)7-4-12-34-30(39)36-24-5-2-1-3-6-24/h1-3,5-6,15-19,28H,4,7-14H2,(H2,34,36,39). The average Bonchev–Trinajstić information content (AvgIpc) is 3.08. The molecule has 5 rings (SSSR count). The summed E-state index contributed by atoms with van der Waals surface area (Å²) < 4.78 is 0.975. The molecule has 3 amide bonds. The molecular weight excluding hydrogens is 599 g/mol. The first kappa shape index (κ1) is 27.9. The van der Waals surface area contributed by atoms with E-state index in [0.717, 1.165) is 47.1 Å². The van der Waals surface area contributed by atoms with Crippen LogP contribution in [-0.2, 0) is 17.6 Å². The number of anilines is 1. The van der Waals surface area contributed by atoms with Crippen LogP contribution in [0.15, 0.2) is 59.2 Å². The van der Waals surface area contributed by atoms with Crippen molar-refractivity contribution in [2.24, 2.45) is 5.92 Å². The zero-order valence-corrected chi connectivity index (χ0v) is 24.7. The zero-order valence-electron chi connectivity index (χ0n) is 21.6. The molecule has 0 bridgehead atoms. The van der Waals surface area contributed by atoms with Crippen molar-refractivity contribution in [2.45, 2.75) is 44.4 Å². The summed E-state index contributed by atoms with van der Waals surface area (Å²) in [4.78, 5) is 31.8. The van der Waals surface area contributed by atoms with Gasteiger partial charge in [0.05, 0.1) is 5.69 Å². The molecule has 2 heterocycles. The highest BCUT2D eigenvalue weighted by Gasteiger charge is 2.36. The van der Waals surface area contributed by atoms with Crippen LogP contribution in [0.2, 0.25) is 10.0 Å². The lowest BCUT2D eigenvalue weighted by atomic mass is 9.76. The van der Waals surface area contributed by atoms with Crippen LogP contribution in [0.1, 0.15) is 54.0 Å². The van der Waals surface area contributed by atoms with Crippen LogP contribution in [0.3, 0.4) is 0 Å². The van der Waals surface area contributed by atoms with Crippen LogP contribution in [0, 0.1) is 5.92 Å². The third-order valence-electron chi connectivity index (χ3n) is 7.67. The average molecular weight is 630 g/mol. The highest BCUT2D eigenvalue weighted by atomic mass is 79.9. The molecule has 6 nitrogen and oxygen atoms in total. The summed E-state index contributed by atoms with van der Waals surface area (Å²) in [6.07, 6.45) is 6.38. The van der Waals surface area contributed by atoms with Gasteiger partial charge in [0.15, 0.2) is 0 Å². The van der Waals surface area contributed by atoms with Gasteiger partial charge >= 0.3 is 6.03 Å². The number of nitrogens with zero attached hydrogens (tertiary/aromatic N) is 2. The molecule has 1 aromatic heterocycles. The van der Waals surface area contributed by atoms with E-state index in [1.165, 1.54) is 11.1 Å². The maximum atomic E-state index is 12.9. The van der Waals surface area contributed by atoms with E-state index in [-0.39, 0.29) is 17.9 Å². The molecule has 1 atom stereocenters. The van der Waals surface area contributed by atoms with Crippen LogP contribution in [0.5, 0.6) is 0 Å². The van der Waals surface area contributed by atoms with Crippen molar-refractivity contribution in [1.29, 1.82) is 0 Å². The third-order valence-corrected chi connectivity index (χ3v) is 8.63. The summed E-state index contributed by atoms with van der Waals surface area (Å²) in [6.45, 7) is 1.85. The van der Waals surface area contributed by atoms with Gasteiger partial charge in [-0.3, -0.25) is 9.78 Å². The number of amides is 3. The monoisotopic (exact) mass is 628 g/mol. The van der Waals surface area contributed by atoms with Crippen LogP contribution in [0.25, 0.3) is 0 Å². The van der Waals surface area contributed by atoms with Crippen molar-refractivity contribution < 1.29 is 9.59 Å². The number of hydrogen-bond acceptors (Lipinski definition) is 3. The number of carbonyl (C=O) groups is 2. The Balaban J connectivity index is 1.19. The second-order valence-electron chi connectivity index (χ2n) is 10.2. The molecular formula is C30H31BrCl2N4O2. The van der Waals surface area contributed by atoms with E-state index in [0.29, 0.717) is 48.4 Å². The maximum Gasteiger partial charge on any atom is 0.319 e. The van der Waals surface area contributed by atoms with Crippen LogP contribution >= 0.6 is 39.1 Å². The molecule has 0 saturated carbocycles. The summed E-state index contributed by atoms with van der Waals surface area (Å²) in [5, 5.41) is 6.97. The number of aryl methyl sites for hydroxylation is 2. The van der Waals surface area contributed by atoms with Gasteiger partial charge in [-0.15, -0.1) is 0 Å². The van der Waals surface area contributed by atoms with Crippen molar-refractivity contribution >= 4 is 56.8 Å². The van der Waals surface area contributed by atoms with Crippen molar-refractivity contribution in [3.05, 3.63) is 91.6 Å². The van der Waals surface area contributed by atoms with Crippen molar-refractivity contribution in [3.63, 3.8) is 0 Å². The van der Waals surface area contributed by atoms with Gasteiger partial charge in [-0.05, 0) is 101 Å². The fourth-order valence-corrected chi connectivity index (χ4v) is 6.84. The topological polar surface area (TPSA) is 74.3 Å². The fraction of sp³-hybridized carbons (Fsp3) is 0.367. The third kappa shape index (κ3) is 6.76. The molecule has 1 saturated heterocycles. The smallest absolute Gasteiger partial charge is 0.319 e. The van der Waals surface area contributed by atoms with E-state index >= 15 is 0 Å². The lowest BCUT2D eigenvalue weighted by molar-refractivity contribution is -0.132. The number of pyridine rings is 1.